The fourth-order valence-electron chi connectivity index (χ4n) is 5.58. The second kappa shape index (κ2) is 7.81. The van der Waals surface area contributed by atoms with Crippen LogP contribution in [-0.2, 0) is 0 Å². The molecule has 0 radical (unpaired) electrons. The average molecular weight is 394 g/mol. The van der Waals surface area contributed by atoms with Crippen LogP contribution in [0.25, 0.3) is 11.1 Å². The number of Topliss-reactive ketones (excluding diaryl/α,β-unsaturated/α-hetero) is 1. The van der Waals surface area contributed by atoms with Gasteiger partial charge in [0.05, 0.1) is 13.7 Å². The van der Waals surface area contributed by atoms with Gasteiger partial charge in [0.15, 0.2) is 5.78 Å². The highest BCUT2D eigenvalue weighted by Gasteiger charge is 2.46. The fraction of sp³-hybridized carbons (Fsp3) is 0.520. The molecular formula is C25H31NO3. The summed E-state index contributed by atoms with van der Waals surface area (Å²) in [6, 6.07) is 9.49. The molecule has 0 amide bonds. The van der Waals surface area contributed by atoms with Crippen LogP contribution in [-0.4, -0.2) is 24.5 Å². The summed E-state index contributed by atoms with van der Waals surface area (Å²) in [4.78, 5) is 16.3. The molecule has 2 saturated carbocycles. The Balaban J connectivity index is 1.60. The van der Waals surface area contributed by atoms with E-state index in [0.717, 1.165) is 34.6 Å². The molecule has 2 atom stereocenters. The van der Waals surface area contributed by atoms with E-state index in [9.17, 15) is 4.79 Å². The standard InChI is InChI=1S/C25H31NO3/c1-16-10-19-13-25(3,14-20(19)11-16)15-29-23-8-7-18(17(2)27)12-22(23)21-6-5-9-26-24(21)28-4/h5-9,12,16,19-20H,10-11,13-15H2,1-4H3. The Morgan fingerprint density at radius 1 is 1.17 bits per heavy atom. The quantitative estimate of drug-likeness (QED) is 0.582. The van der Waals surface area contributed by atoms with Crippen LogP contribution >= 0.6 is 0 Å². The van der Waals surface area contributed by atoms with Crippen molar-refractivity contribution in [3.8, 4) is 22.8 Å². The molecule has 0 spiro atoms. The summed E-state index contributed by atoms with van der Waals surface area (Å²) in [5.74, 6) is 3.94. The number of benzene rings is 1. The summed E-state index contributed by atoms with van der Waals surface area (Å²) in [5.41, 5.74) is 2.58. The number of ketones is 1. The van der Waals surface area contributed by atoms with E-state index in [1.54, 1.807) is 20.2 Å². The lowest BCUT2D eigenvalue weighted by Gasteiger charge is -2.26. The summed E-state index contributed by atoms with van der Waals surface area (Å²) in [7, 11) is 1.61. The Hall–Kier alpha value is -2.36. The summed E-state index contributed by atoms with van der Waals surface area (Å²) in [5, 5.41) is 0. The van der Waals surface area contributed by atoms with Crippen molar-refractivity contribution in [2.24, 2.45) is 23.2 Å². The van der Waals surface area contributed by atoms with Gasteiger partial charge in [-0.25, -0.2) is 4.98 Å². The Kier molecular flexibility index (Phi) is 5.37. The van der Waals surface area contributed by atoms with Crippen LogP contribution in [0.15, 0.2) is 36.5 Å². The van der Waals surface area contributed by atoms with Gasteiger partial charge in [-0.3, -0.25) is 4.79 Å². The number of methoxy groups -OCH3 is 1. The van der Waals surface area contributed by atoms with Gasteiger partial charge in [-0.1, -0.05) is 13.8 Å². The maximum atomic E-state index is 12.0. The molecule has 4 heteroatoms. The predicted octanol–water partition coefficient (Wildman–Crippen LogP) is 5.80. The number of nitrogens with zero attached hydrogens (tertiary/aromatic N) is 1. The number of hydrogen-bond donors (Lipinski definition) is 0. The van der Waals surface area contributed by atoms with Gasteiger partial charge in [-0.2, -0.15) is 0 Å². The van der Waals surface area contributed by atoms with Crippen molar-refractivity contribution in [1.82, 2.24) is 4.98 Å². The Morgan fingerprint density at radius 2 is 1.90 bits per heavy atom. The molecule has 2 unspecified atom stereocenters. The van der Waals surface area contributed by atoms with Crippen molar-refractivity contribution in [3.05, 3.63) is 42.1 Å². The zero-order valence-electron chi connectivity index (χ0n) is 17.9. The number of rotatable bonds is 6. The minimum atomic E-state index is 0.0327. The molecule has 2 aromatic rings. The van der Waals surface area contributed by atoms with Gasteiger partial charge in [-0.15, -0.1) is 0 Å². The zero-order valence-corrected chi connectivity index (χ0v) is 17.9. The number of carbonyl (C=O) groups excluding carboxylic acids is 1. The van der Waals surface area contributed by atoms with Crippen molar-refractivity contribution in [2.75, 3.05) is 13.7 Å². The van der Waals surface area contributed by atoms with Crippen molar-refractivity contribution in [2.45, 2.75) is 46.5 Å². The zero-order chi connectivity index (χ0) is 20.6. The van der Waals surface area contributed by atoms with Crippen LogP contribution in [0.1, 0.15) is 56.8 Å². The lowest BCUT2D eigenvalue weighted by atomic mass is 9.86. The minimum absolute atomic E-state index is 0.0327. The van der Waals surface area contributed by atoms with E-state index in [2.05, 4.69) is 18.8 Å². The van der Waals surface area contributed by atoms with Gasteiger partial charge < -0.3 is 9.47 Å². The van der Waals surface area contributed by atoms with Crippen LogP contribution in [0, 0.1) is 23.2 Å². The Labute approximate surface area is 173 Å². The highest BCUT2D eigenvalue weighted by atomic mass is 16.5. The largest absolute Gasteiger partial charge is 0.492 e. The Morgan fingerprint density at radius 3 is 2.55 bits per heavy atom. The monoisotopic (exact) mass is 393 g/mol. The van der Waals surface area contributed by atoms with Crippen molar-refractivity contribution < 1.29 is 14.3 Å². The van der Waals surface area contributed by atoms with E-state index in [4.69, 9.17) is 9.47 Å². The highest BCUT2D eigenvalue weighted by Crippen LogP contribution is 2.54. The van der Waals surface area contributed by atoms with E-state index >= 15 is 0 Å². The van der Waals surface area contributed by atoms with Gasteiger partial charge in [0, 0.05) is 28.3 Å². The van der Waals surface area contributed by atoms with Gasteiger partial charge in [-0.05, 0) is 80.7 Å². The van der Waals surface area contributed by atoms with Crippen molar-refractivity contribution >= 4 is 5.78 Å². The van der Waals surface area contributed by atoms with E-state index in [0.29, 0.717) is 18.1 Å². The first-order chi connectivity index (χ1) is 13.9. The summed E-state index contributed by atoms with van der Waals surface area (Å²) in [6.07, 6.45) is 6.94. The van der Waals surface area contributed by atoms with Crippen molar-refractivity contribution in [3.63, 3.8) is 0 Å². The molecule has 0 bridgehead atoms. The van der Waals surface area contributed by atoms with Gasteiger partial charge in [0.25, 0.3) is 0 Å². The van der Waals surface area contributed by atoms with E-state index in [1.807, 2.05) is 30.3 Å². The maximum absolute atomic E-state index is 12.0. The summed E-state index contributed by atoms with van der Waals surface area (Å²) >= 11 is 0. The SMILES string of the molecule is COc1ncccc1-c1cc(C(C)=O)ccc1OCC1(C)CC2CC(C)CC2C1. The first-order valence-electron chi connectivity index (χ1n) is 10.7. The molecule has 154 valence electrons. The molecule has 2 fully saturated rings. The number of aromatic nitrogens is 1. The van der Waals surface area contributed by atoms with Crippen LogP contribution in [0.2, 0.25) is 0 Å². The topological polar surface area (TPSA) is 48.4 Å². The van der Waals surface area contributed by atoms with Gasteiger partial charge in [0.1, 0.15) is 5.75 Å². The first-order valence-corrected chi connectivity index (χ1v) is 10.7. The highest BCUT2D eigenvalue weighted by molar-refractivity contribution is 5.96. The lowest BCUT2D eigenvalue weighted by molar-refractivity contribution is 0.101. The molecule has 1 aromatic heterocycles. The molecule has 29 heavy (non-hydrogen) atoms. The third-order valence-corrected chi connectivity index (χ3v) is 6.80. The second-order valence-corrected chi connectivity index (χ2v) is 9.43. The van der Waals surface area contributed by atoms with Crippen LogP contribution < -0.4 is 9.47 Å². The molecule has 4 rings (SSSR count). The average Bonchev–Trinajstić information content (AvgIpc) is 3.19. The van der Waals surface area contributed by atoms with Gasteiger partial charge >= 0.3 is 0 Å². The third-order valence-electron chi connectivity index (χ3n) is 6.80. The molecule has 1 heterocycles. The van der Waals surface area contributed by atoms with Crippen LogP contribution in [0.4, 0.5) is 0 Å². The van der Waals surface area contributed by atoms with Crippen molar-refractivity contribution in [1.29, 1.82) is 0 Å². The number of carbonyl (C=O) groups is 1. The molecule has 0 aliphatic heterocycles. The fourth-order valence-corrected chi connectivity index (χ4v) is 5.58. The summed E-state index contributed by atoms with van der Waals surface area (Å²) < 4.78 is 11.9. The molecule has 2 aliphatic rings. The number of hydrogen-bond acceptors (Lipinski definition) is 4. The van der Waals surface area contributed by atoms with E-state index in [1.165, 1.54) is 25.7 Å². The number of pyridine rings is 1. The smallest absolute Gasteiger partial charge is 0.221 e. The van der Waals surface area contributed by atoms with E-state index in [-0.39, 0.29) is 11.2 Å². The molecule has 2 aliphatic carbocycles. The predicted molar refractivity (Wildman–Crippen MR) is 114 cm³/mol. The van der Waals surface area contributed by atoms with E-state index < -0.39 is 0 Å². The van der Waals surface area contributed by atoms with Crippen LogP contribution in [0.3, 0.4) is 0 Å². The normalized spacial score (nSPS) is 28.2. The third kappa shape index (κ3) is 4.03. The Bertz CT molecular complexity index is 893. The first kappa shape index (κ1) is 19.9. The number of fused-ring (bicyclic) bond motifs is 1. The van der Waals surface area contributed by atoms with Crippen LogP contribution in [0.5, 0.6) is 11.6 Å². The maximum Gasteiger partial charge on any atom is 0.221 e. The number of ether oxygens (including phenoxy) is 2. The molecular weight excluding hydrogens is 362 g/mol. The molecule has 4 nitrogen and oxygen atoms in total. The lowest BCUT2D eigenvalue weighted by Crippen LogP contribution is -2.23. The molecule has 1 aromatic carbocycles. The molecule has 0 saturated heterocycles. The molecule has 0 N–H and O–H groups in total. The minimum Gasteiger partial charge on any atom is -0.492 e. The summed E-state index contributed by atoms with van der Waals surface area (Å²) in [6.45, 7) is 7.03. The second-order valence-electron chi connectivity index (χ2n) is 9.43. The van der Waals surface area contributed by atoms with Gasteiger partial charge in [0.2, 0.25) is 5.88 Å².